The molecule has 27 heavy (non-hydrogen) atoms. The van der Waals surface area contributed by atoms with E-state index in [4.69, 9.17) is 5.73 Å². The molecule has 3 rings (SSSR count). The van der Waals surface area contributed by atoms with Crippen molar-refractivity contribution in [3.05, 3.63) is 29.8 Å². The minimum atomic E-state index is 0. The highest BCUT2D eigenvalue weighted by Gasteiger charge is 2.32. The van der Waals surface area contributed by atoms with E-state index in [9.17, 15) is 4.79 Å². The molecule has 5 nitrogen and oxygen atoms in total. The van der Waals surface area contributed by atoms with E-state index in [-0.39, 0.29) is 36.8 Å². The van der Waals surface area contributed by atoms with Gasteiger partial charge in [-0.15, -0.1) is 24.8 Å². The lowest BCUT2D eigenvalue weighted by Gasteiger charge is -2.38. The van der Waals surface area contributed by atoms with Gasteiger partial charge in [-0.1, -0.05) is 0 Å². The molecule has 0 aromatic heterocycles. The van der Waals surface area contributed by atoms with Crippen molar-refractivity contribution in [2.75, 3.05) is 44.2 Å². The second kappa shape index (κ2) is 10.5. The van der Waals surface area contributed by atoms with Crippen LogP contribution < -0.4 is 10.6 Å². The predicted octanol–water partition coefficient (Wildman–Crippen LogP) is 2.87. The molecule has 0 saturated carbocycles. The lowest BCUT2D eigenvalue weighted by Crippen LogP contribution is -2.48. The zero-order chi connectivity index (χ0) is 18.0. The normalized spacial score (nSPS) is 23.1. The summed E-state index contributed by atoms with van der Waals surface area (Å²) in [5.74, 6) is 0.579. The second-order valence-electron chi connectivity index (χ2n) is 7.81. The van der Waals surface area contributed by atoms with Gasteiger partial charge in [-0.05, 0) is 63.9 Å². The third-order valence-electron chi connectivity index (χ3n) is 5.78. The number of rotatable bonds is 4. The van der Waals surface area contributed by atoms with Crippen LogP contribution in [0.2, 0.25) is 0 Å². The molecule has 1 aromatic carbocycles. The standard InChI is InChI=1S/C20H32N4O.2ClH/c1-15(2)22-8-10-23(11-9-22)19-6-4-18(5-7-19)20(25)24-14-17(13-21)12-16(24)3;;/h4-7,15-17H,8-14,21H2,1-3H3;2*1H. The maximum absolute atomic E-state index is 12.8. The highest BCUT2D eigenvalue weighted by Crippen LogP contribution is 2.25. The lowest BCUT2D eigenvalue weighted by molar-refractivity contribution is 0.0743. The average molecular weight is 417 g/mol. The topological polar surface area (TPSA) is 52.8 Å². The Labute approximate surface area is 176 Å². The third-order valence-corrected chi connectivity index (χ3v) is 5.78. The quantitative estimate of drug-likeness (QED) is 0.819. The molecule has 0 radical (unpaired) electrons. The number of nitrogens with zero attached hydrogens (tertiary/aromatic N) is 3. The molecular formula is C20H34Cl2N4O. The third kappa shape index (κ3) is 5.50. The first kappa shape index (κ1) is 24.0. The lowest BCUT2D eigenvalue weighted by atomic mass is 10.1. The zero-order valence-electron chi connectivity index (χ0n) is 16.6. The van der Waals surface area contributed by atoms with E-state index >= 15 is 0 Å². The van der Waals surface area contributed by atoms with Crippen LogP contribution in [-0.4, -0.2) is 67.1 Å². The van der Waals surface area contributed by atoms with Crippen molar-refractivity contribution >= 4 is 36.4 Å². The van der Waals surface area contributed by atoms with Crippen molar-refractivity contribution < 1.29 is 4.79 Å². The second-order valence-corrected chi connectivity index (χ2v) is 7.81. The van der Waals surface area contributed by atoms with Crippen LogP contribution in [0.1, 0.15) is 37.6 Å². The van der Waals surface area contributed by atoms with Crippen molar-refractivity contribution in [3.8, 4) is 0 Å². The fourth-order valence-corrected chi connectivity index (χ4v) is 4.07. The molecule has 2 atom stereocenters. The number of anilines is 1. The molecule has 0 aliphatic carbocycles. The number of amides is 1. The molecule has 2 aliphatic heterocycles. The molecular weight excluding hydrogens is 383 g/mol. The summed E-state index contributed by atoms with van der Waals surface area (Å²) >= 11 is 0. The van der Waals surface area contributed by atoms with Crippen LogP contribution in [0.4, 0.5) is 5.69 Å². The molecule has 0 bridgehead atoms. The fourth-order valence-electron chi connectivity index (χ4n) is 4.07. The maximum Gasteiger partial charge on any atom is 0.254 e. The molecule has 2 heterocycles. The van der Waals surface area contributed by atoms with Crippen molar-refractivity contribution in [1.29, 1.82) is 0 Å². The van der Waals surface area contributed by atoms with Gasteiger partial charge in [0.05, 0.1) is 0 Å². The molecule has 0 spiro atoms. The largest absolute Gasteiger partial charge is 0.369 e. The summed E-state index contributed by atoms with van der Waals surface area (Å²) in [4.78, 5) is 19.7. The van der Waals surface area contributed by atoms with Gasteiger partial charge in [0.2, 0.25) is 0 Å². The van der Waals surface area contributed by atoms with Crippen LogP contribution in [-0.2, 0) is 0 Å². The van der Waals surface area contributed by atoms with Gasteiger partial charge in [0.25, 0.3) is 5.91 Å². The van der Waals surface area contributed by atoms with E-state index in [2.05, 4.69) is 42.7 Å². The highest BCUT2D eigenvalue weighted by molar-refractivity contribution is 5.95. The Morgan fingerprint density at radius 1 is 1.11 bits per heavy atom. The van der Waals surface area contributed by atoms with Crippen molar-refractivity contribution in [2.24, 2.45) is 11.7 Å². The monoisotopic (exact) mass is 416 g/mol. The van der Waals surface area contributed by atoms with Crippen LogP contribution in [0.15, 0.2) is 24.3 Å². The molecule has 1 amide bonds. The SMILES string of the molecule is CC(C)N1CCN(c2ccc(C(=O)N3CC(CN)CC3C)cc2)CC1.Cl.Cl. The molecule has 1 aromatic rings. The van der Waals surface area contributed by atoms with Gasteiger partial charge in [-0.3, -0.25) is 9.69 Å². The smallest absolute Gasteiger partial charge is 0.254 e. The van der Waals surface area contributed by atoms with Crippen LogP contribution in [0.3, 0.4) is 0 Å². The van der Waals surface area contributed by atoms with E-state index in [1.807, 2.05) is 17.0 Å². The van der Waals surface area contributed by atoms with E-state index < -0.39 is 0 Å². The van der Waals surface area contributed by atoms with Crippen LogP contribution in [0, 0.1) is 5.92 Å². The number of hydrogen-bond acceptors (Lipinski definition) is 4. The van der Waals surface area contributed by atoms with Crippen LogP contribution >= 0.6 is 24.8 Å². The number of carbonyl (C=O) groups is 1. The summed E-state index contributed by atoms with van der Waals surface area (Å²) in [5.41, 5.74) is 7.78. The number of likely N-dealkylation sites (tertiary alicyclic amines) is 1. The Bertz CT molecular complexity index is 588. The minimum Gasteiger partial charge on any atom is -0.369 e. The Kier molecular flexibility index (Phi) is 9.35. The number of piperazine rings is 1. The number of nitrogens with two attached hydrogens (primary N) is 1. The first-order valence-electron chi connectivity index (χ1n) is 9.59. The summed E-state index contributed by atoms with van der Waals surface area (Å²) in [6, 6.07) is 9.05. The molecule has 2 N–H and O–H groups in total. The number of halogens is 2. The maximum atomic E-state index is 12.8. The Morgan fingerprint density at radius 2 is 1.70 bits per heavy atom. The molecule has 2 aliphatic rings. The van der Waals surface area contributed by atoms with E-state index in [1.165, 1.54) is 5.69 Å². The van der Waals surface area contributed by atoms with Gasteiger partial charge in [0, 0.05) is 56.1 Å². The molecule has 2 fully saturated rings. The zero-order valence-corrected chi connectivity index (χ0v) is 18.3. The van der Waals surface area contributed by atoms with Crippen LogP contribution in [0.25, 0.3) is 0 Å². The van der Waals surface area contributed by atoms with Gasteiger partial charge in [0.1, 0.15) is 0 Å². The van der Waals surface area contributed by atoms with Gasteiger partial charge in [0.15, 0.2) is 0 Å². The Balaban J connectivity index is 0.00000182. The van der Waals surface area contributed by atoms with Crippen molar-refractivity contribution in [1.82, 2.24) is 9.80 Å². The predicted molar refractivity (Wildman–Crippen MR) is 118 cm³/mol. The Morgan fingerprint density at radius 3 is 2.19 bits per heavy atom. The average Bonchev–Trinajstić information content (AvgIpc) is 3.02. The van der Waals surface area contributed by atoms with E-state index in [0.29, 0.717) is 18.5 Å². The van der Waals surface area contributed by atoms with Crippen molar-refractivity contribution in [2.45, 2.75) is 39.3 Å². The molecule has 2 saturated heterocycles. The number of benzene rings is 1. The first-order chi connectivity index (χ1) is 12.0. The van der Waals surface area contributed by atoms with E-state index in [0.717, 1.165) is 44.7 Å². The summed E-state index contributed by atoms with van der Waals surface area (Å²) in [6.07, 6.45) is 1.01. The summed E-state index contributed by atoms with van der Waals surface area (Å²) in [7, 11) is 0. The summed E-state index contributed by atoms with van der Waals surface area (Å²) in [5, 5.41) is 0. The molecule has 7 heteroatoms. The summed E-state index contributed by atoms with van der Waals surface area (Å²) in [6.45, 7) is 12.4. The number of hydrogen-bond donors (Lipinski definition) is 1. The molecule has 2 unspecified atom stereocenters. The van der Waals surface area contributed by atoms with E-state index in [1.54, 1.807) is 0 Å². The highest BCUT2D eigenvalue weighted by atomic mass is 35.5. The van der Waals surface area contributed by atoms with Crippen molar-refractivity contribution in [3.63, 3.8) is 0 Å². The van der Waals surface area contributed by atoms with Gasteiger partial charge in [-0.2, -0.15) is 0 Å². The first-order valence-corrected chi connectivity index (χ1v) is 9.59. The fraction of sp³-hybridized carbons (Fsp3) is 0.650. The Hall–Kier alpha value is -1.01. The summed E-state index contributed by atoms with van der Waals surface area (Å²) < 4.78 is 0. The number of carbonyl (C=O) groups excluding carboxylic acids is 1. The van der Waals surface area contributed by atoms with Gasteiger partial charge in [-0.25, -0.2) is 0 Å². The molecule has 154 valence electrons. The minimum absolute atomic E-state index is 0. The van der Waals surface area contributed by atoms with Crippen LogP contribution in [0.5, 0.6) is 0 Å². The van der Waals surface area contributed by atoms with Gasteiger partial charge < -0.3 is 15.5 Å². The van der Waals surface area contributed by atoms with Gasteiger partial charge >= 0.3 is 0 Å².